The number of anilines is 1. The van der Waals surface area contributed by atoms with Crippen molar-refractivity contribution in [3.8, 4) is 11.1 Å². The predicted octanol–water partition coefficient (Wildman–Crippen LogP) is 4.10. The summed E-state index contributed by atoms with van der Waals surface area (Å²) < 4.78 is 28.6. The first kappa shape index (κ1) is 20.6. The van der Waals surface area contributed by atoms with Crippen molar-refractivity contribution in [2.75, 3.05) is 12.3 Å². The summed E-state index contributed by atoms with van der Waals surface area (Å²) in [4.78, 5) is 17.8. The first-order valence-electron chi connectivity index (χ1n) is 9.72. The van der Waals surface area contributed by atoms with Crippen LogP contribution in [0.2, 0.25) is 0 Å². The second-order valence-electron chi connectivity index (χ2n) is 7.15. The minimum Gasteiger partial charge on any atom is -0.368 e. The third-order valence-electron chi connectivity index (χ3n) is 5.08. The largest absolute Gasteiger partial charge is 0.368 e. The number of benzene rings is 1. The molecule has 1 aromatic carbocycles. The van der Waals surface area contributed by atoms with Crippen molar-refractivity contribution in [1.29, 1.82) is 0 Å². The monoisotopic (exact) mass is 421 g/mol. The molecule has 1 unspecified atom stereocenters. The Morgan fingerprint density at radius 1 is 1.26 bits per heavy atom. The van der Waals surface area contributed by atoms with Gasteiger partial charge in [0.1, 0.15) is 5.82 Å². The predicted molar refractivity (Wildman–Crippen MR) is 114 cm³/mol. The number of nitrogen functional groups attached to an aromatic ring is 1. The summed E-state index contributed by atoms with van der Waals surface area (Å²) in [5, 5.41) is 0. The maximum absolute atomic E-state index is 14.5. The molecular formula is C23H21F2N5O. The molecule has 0 spiro atoms. The van der Waals surface area contributed by atoms with Gasteiger partial charge in [0.15, 0.2) is 0 Å². The van der Waals surface area contributed by atoms with Gasteiger partial charge in [-0.25, -0.2) is 19.3 Å². The van der Waals surface area contributed by atoms with E-state index in [1.54, 1.807) is 24.3 Å². The van der Waals surface area contributed by atoms with Crippen LogP contribution in [0.1, 0.15) is 28.4 Å². The van der Waals surface area contributed by atoms with Crippen LogP contribution in [0, 0.1) is 18.7 Å². The fourth-order valence-electron chi connectivity index (χ4n) is 3.84. The van der Waals surface area contributed by atoms with E-state index in [4.69, 9.17) is 10.6 Å². The number of allylic oxidation sites excluding steroid dienone is 1. The summed E-state index contributed by atoms with van der Waals surface area (Å²) >= 11 is 0. The Morgan fingerprint density at radius 3 is 2.87 bits per heavy atom. The minimum atomic E-state index is -0.662. The molecule has 6 nitrogen and oxygen atoms in total. The smallest absolute Gasteiger partial charge is 0.220 e. The minimum absolute atomic E-state index is 0.167. The summed E-state index contributed by atoms with van der Waals surface area (Å²) in [7, 11) is 0. The first-order chi connectivity index (χ1) is 15.0. The lowest BCUT2D eigenvalue weighted by Crippen LogP contribution is -2.23. The molecule has 0 saturated heterocycles. The van der Waals surface area contributed by atoms with E-state index in [1.807, 2.05) is 13.0 Å². The third-order valence-corrected chi connectivity index (χ3v) is 5.08. The molecule has 0 fully saturated rings. The molecule has 4 rings (SSSR count). The van der Waals surface area contributed by atoms with Gasteiger partial charge in [0, 0.05) is 29.7 Å². The number of hydrogen-bond acceptors (Lipinski definition) is 6. The fraction of sp³-hybridized carbons (Fsp3) is 0.174. The Bertz CT molecular complexity index is 1180. The molecule has 158 valence electrons. The van der Waals surface area contributed by atoms with Crippen LogP contribution in [0.5, 0.6) is 0 Å². The highest BCUT2D eigenvalue weighted by Gasteiger charge is 2.27. The van der Waals surface area contributed by atoms with Crippen LogP contribution in [0.15, 0.2) is 55.3 Å². The van der Waals surface area contributed by atoms with Gasteiger partial charge in [-0.15, -0.1) is 6.58 Å². The van der Waals surface area contributed by atoms with E-state index in [9.17, 15) is 8.78 Å². The molecule has 0 aliphatic heterocycles. The molecule has 0 amide bonds. The number of nitrogens with two attached hydrogens (primary N) is 1. The number of fused-ring (bicyclic) bond motifs is 1. The zero-order valence-electron chi connectivity index (χ0n) is 16.9. The van der Waals surface area contributed by atoms with Gasteiger partial charge in [0.25, 0.3) is 0 Å². The van der Waals surface area contributed by atoms with Crippen molar-refractivity contribution in [1.82, 2.24) is 20.4 Å². The lowest BCUT2D eigenvalue weighted by atomic mass is 9.82. The zero-order valence-corrected chi connectivity index (χ0v) is 16.9. The second-order valence-corrected chi connectivity index (χ2v) is 7.15. The van der Waals surface area contributed by atoms with Crippen molar-refractivity contribution < 1.29 is 13.6 Å². The molecule has 31 heavy (non-hydrogen) atoms. The first-order valence-corrected chi connectivity index (χ1v) is 9.72. The van der Waals surface area contributed by atoms with Crippen LogP contribution in [0.3, 0.4) is 0 Å². The average molecular weight is 421 g/mol. The van der Waals surface area contributed by atoms with Crippen LogP contribution < -0.4 is 11.2 Å². The lowest BCUT2D eigenvalue weighted by molar-refractivity contribution is 0.103. The van der Waals surface area contributed by atoms with Crippen LogP contribution in [-0.4, -0.2) is 21.6 Å². The Hall–Kier alpha value is -3.65. The Labute approximate surface area is 178 Å². The quantitative estimate of drug-likeness (QED) is 0.270. The second kappa shape index (κ2) is 8.61. The maximum Gasteiger partial charge on any atom is 0.220 e. The van der Waals surface area contributed by atoms with Crippen LogP contribution in [-0.2, 0) is 11.3 Å². The van der Waals surface area contributed by atoms with Crippen molar-refractivity contribution >= 4 is 11.6 Å². The van der Waals surface area contributed by atoms with E-state index in [0.29, 0.717) is 23.4 Å². The number of pyridine rings is 1. The van der Waals surface area contributed by atoms with Gasteiger partial charge in [-0.05, 0) is 42.3 Å². The van der Waals surface area contributed by atoms with E-state index in [2.05, 4.69) is 27.0 Å². The molecular weight excluding hydrogens is 400 g/mol. The fourth-order valence-corrected chi connectivity index (χ4v) is 3.84. The van der Waals surface area contributed by atoms with Gasteiger partial charge >= 0.3 is 0 Å². The molecule has 8 heteroatoms. The molecule has 3 N–H and O–H groups in total. The Balaban J connectivity index is 1.84. The molecule has 0 saturated carbocycles. The van der Waals surface area contributed by atoms with Gasteiger partial charge in [0.05, 0.1) is 23.7 Å². The molecule has 1 atom stereocenters. The van der Waals surface area contributed by atoms with E-state index in [-0.39, 0.29) is 24.0 Å². The van der Waals surface area contributed by atoms with E-state index in [1.165, 1.54) is 18.3 Å². The summed E-state index contributed by atoms with van der Waals surface area (Å²) in [5.74, 6) is -1.20. The van der Waals surface area contributed by atoms with E-state index < -0.39 is 11.8 Å². The van der Waals surface area contributed by atoms with Crippen molar-refractivity contribution in [3.05, 3.63) is 89.5 Å². The molecule has 0 radical (unpaired) electrons. The van der Waals surface area contributed by atoms with E-state index >= 15 is 0 Å². The highest BCUT2D eigenvalue weighted by Crippen LogP contribution is 2.39. The number of hydrogen-bond donors (Lipinski definition) is 2. The summed E-state index contributed by atoms with van der Waals surface area (Å²) in [5.41, 5.74) is 13.1. The van der Waals surface area contributed by atoms with Crippen molar-refractivity contribution in [2.24, 2.45) is 0 Å². The van der Waals surface area contributed by atoms with Crippen molar-refractivity contribution in [3.63, 3.8) is 0 Å². The number of aromatic nitrogens is 3. The van der Waals surface area contributed by atoms with Crippen molar-refractivity contribution in [2.45, 2.75) is 19.3 Å². The number of nitrogens with zero attached hydrogens (tertiary/aromatic N) is 3. The van der Waals surface area contributed by atoms with Gasteiger partial charge in [-0.1, -0.05) is 18.2 Å². The molecule has 1 aliphatic rings. The maximum atomic E-state index is 14.5. The normalized spacial score (nSPS) is 15.2. The topological polar surface area (TPSA) is 86.0 Å². The van der Waals surface area contributed by atoms with Gasteiger partial charge in [0.2, 0.25) is 11.9 Å². The summed E-state index contributed by atoms with van der Waals surface area (Å²) in [6.45, 7) is 5.77. The van der Waals surface area contributed by atoms with E-state index in [0.717, 1.165) is 16.8 Å². The Kier molecular flexibility index (Phi) is 5.73. The number of hydroxylamine groups is 1. The standard InChI is InChI=1S/C23H21F2N5O/c1-3-9-31-30-20-11-14(10-19-21(20)13(2)28-23(26)29-19)16-7-6-15(24)12-18(16)17-5-4-8-27-22(17)25/h3-8,11-12,14,30H,1,9-10H2,2H3,(H2,26,28,29). The highest BCUT2D eigenvalue weighted by molar-refractivity contribution is 5.74. The Morgan fingerprint density at radius 2 is 2.10 bits per heavy atom. The molecule has 3 aromatic rings. The molecule has 2 heterocycles. The zero-order chi connectivity index (χ0) is 22.0. The molecule has 2 aromatic heterocycles. The SMILES string of the molecule is C=CCONC1=CC(c2ccc(F)cc2-c2cccnc2F)Cc2nc(N)nc(C)c21. The number of nitrogens with one attached hydrogen (secondary N) is 1. The summed E-state index contributed by atoms with van der Waals surface area (Å²) in [6.07, 6.45) is 5.40. The average Bonchev–Trinajstić information content (AvgIpc) is 2.73. The van der Waals surface area contributed by atoms with Gasteiger partial charge in [-0.2, -0.15) is 4.39 Å². The van der Waals surface area contributed by atoms with Gasteiger partial charge < -0.3 is 5.73 Å². The van der Waals surface area contributed by atoms with Crippen LogP contribution >= 0.6 is 0 Å². The summed E-state index contributed by atoms with van der Waals surface area (Å²) in [6, 6.07) is 7.53. The van der Waals surface area contributed by atoms with Crippen LogP contribution in [0.4, 0.5) is 14.7 Å². The van der Waals surface area contributed by atoms with Gasteiger partial charge in [-0.3, -0.25) is 10.3 Å². The highest BCUT2D eigenvalue weighted by atomic mass is 19.1. The molecule has 0 bridgehead atoms. The number of aryl methyl sites for hydroxylation is 1. The van der Waals surface area contributed by atoms with Crippen LogP contribution in [0.25, 0.3) is 16.8 Å². The number of rotatable bonds is 6. The lowest BCUT2D eigenvalue weighted by Gasteiger charge is -2.27. The number of halogens is 2. The molecule has 1 aliphatic carbocycles. The third kappa shape index (κ3) is 4.15.